The fraction of sp³-hybridized carbons (Fsp3) is 0.381. The number of alkyl halides is 3. The van der Waals surface area contributed by atoms with Crippen molar-refractivity contribution in [3.05, 3.63) is 36.2 Å². The van der Waals surface area contributed by atoms with Gasteiger partial charge in [-0.15, -0.1) is 16.0 Å². The number of hydrogen-bond acceptors (Lipinski definition) is 8. The van der Waals surface area contributed by atoms with Gasteiger partial charge in [0.2, 0.25) is 22.2 Å². The average molecular weight is 553 g/mol. The van der Waals surface area contributed by atoms with Gasteiger partial charge in [-0.2, -0.15) is 32.9 Å². The number of fused-ring (bicyclic) bond motifs is 1. The molecule has 0 spiro atoms. The topological polar surface area (TPSA) is 136 Å². The van der Waals surface area contributed by atoms with Crippen molar-refractivity contribution < 1.29 is 26.3 Å². The third kappa shape index (κ3) is 4.89. The molecule has 2 N–H and O–H groups in total. The Morgan fingerprint density at radius 3 is 2.84 bits per heavy atom. The van der Waals surface area contributed by atoms with E-state index in [1.54, 1.807) is 30.1 Å². The van der Waals surface area contributed by atoms with E-state index in [2.05, 4.69) is 31.6 Å². The smallest absolute Gasteiger partial charge is 0.318 e. The Labute approximate surface area is 213 Å². The Bertz CT molecular complexity index is 1590. The summed E-state index contributed by atoms with van der Waals surface area (Å²) in [4.78, 5) is 9.05. The van der Waals surface area contributed by atoms with E-state index in [1.165, 1.54) is 28.0 Å². The number of nitrogens with one attached hydrogen (secondary N) is 2. The molecule has 4 aromatic rings. The van der Waals surface area contributed by atoms with E-state index in [1.807, 2.05) is 5.38 Å². The maximum absolute atomic E-state index is 12.7. The van der Waals surface area contributed by atoms with Crippen LogP contribution in [0.3, 0.4) is 0 Å². The van der Waals surface area contributed by atoms with Crippen LogP contribution in [0.4, 0.5) is 24.8 Å². The Balaban J connectivity index is 1.44. The molecule has 0 aromatic carbocycles. The molecule has 0 unspecified atom stereocenters. The standard InChI is InChI=1S/C21H20F3N9O2S2/c1-2-37(34,35)32-11-20(12-32,4-5-25)33-9-14(7-27-33)17-18-16(3-6-36-18)29-19(30-17)28-15-8-26-31(10-15)13-21(22,23)24/h3,6-10H,2,4,11-13H2,1H3,(H,28,29,30)/p+1. The number of aromatic amines is 1. The third-order valence-electron chi connectivity index (χ3n) is 6.04. The molecule has 4 aromatic heterocycles. The summed E-state index contributed by atoms with van der Waals surface area (Å²) in [5.41, 5.74) is 1.39. The first-order valence-corrected chi connectivity index (χ1v) is 13.6. The van der Waals surface area contributed by atoms with Crippen LogP contribution in [0.15, 0.2) is 36.2 Å². The van der Waals surface area contributed by atoms with Gasteiger partial charge in [0.05, 0.1) is 46.5 Å². The fourth-order valence-corrected chi connectivity index (χ4v) is 6.25. The van der Waals surface area contributed by atoms with Crippen molar-refractivity contribution in [2.45, 2.75) is 31.6 Å². The number of halogens is 3. The molecule has 5 rings (SSSR count). The third-order valence-corrected chi connectivity index (χ3v) is 8.72. The zero-order valence-corrected chi connectivity index (χ0v) is 21.0. The molecule has 37 heavy (non-hydrogen) atoms. The van der Waals surface area contributed by atoms with E-state index in [4.69, 9.17) is 0 Å². The van der Waals surface area contributed by atoms with Crippen LogP contribution >= 0.6 is 11.3 Å². The van der Waals surface area contributed by atoms with E-state index < -0.39 is 28.3 Å². The average Bonchev–Trinajstić information content (AvgIpc) is 3.55. The summed E-state index contributed by atoms with van der Waals surface area (Å²) < 4.78 is 67.1. The highest BCUT2D eigenvalue weighted by molar-refractivity contribution is 7.89. The molecule has 194 valence electrons. The maximum atomic E-state index is 12.7. The molecule has 11 nitrogen and oxygen atoms in total. The second kappa shape index (κ2) is 9.08. The first kappa shape index (κ1) is 25.1. The van der Waals surface area contributed by atoms with Crippen molar-refractivity contribution in [2.24, 2.45) is 0 Å². The number of aromatic nitrogens is 6. The van der Waals surface area contributed by atoms with Crippen molar-refractivity contribution in [1.82, 2.24) is 29.2 Å². The second-order valence-electron chi connectivity index (χ2n) is 8.66. The number of hydrogen-bond donors (Lipinski definition) is 2. The number of anilines is 2. The van der Waals surface area contributed by atoms with Gasteiger partial charge in [-0.05, 0) is 18.4 Å². The van der Waals surface area contributed by atoms with Crippen molar-refractivity contribution in [3.63, 3.8) is 0 Å². The molecule has 5 heterocycles. The summed E-state index contributed by atoms with van der Waals surface area (Å²) in [5, 5.41) is 21.1. The summed E-state index contributed by atoms with van der Waals surface area (Å²) in [7, 11) is -3.38. The van der Waals surface area contributed by atoms with Crippen molar-refractivity contribution in [3.8, 4) is 17.3 Å². The summed E-state index contributed by atoms with van der Waals surface area (Å²) in [6.45, 7) is 0.704. The highest BCUT2D eigenvalue weighted by atomic mass is 32.2. The van der Waals surface area contributed by atoms with Crippen LogP contribution in [-0.4, -0.2) is 62.6 Å². The fourth-order valence-electron chi connectivity index (χ4n) is 4.17. The molecular formula is C21H21F3N9O2S2+. The lowest BCUT2D eigenvalue weighted by atomic mass is 9.89. The lowest BCUT2D eigenvalue weighted by Crippen LogP contribution is -2.64. The molecule has 0 atom stereocenters. The predicted octanol–water partition coefficient (Wildman–Crippen LogP) is 2.75. The summed E-state index contributed by atoms with van der Waals surface area (Å²) in [5.74, 6) is 0.159. The number of H-pyrrole nitrogens is 1. The van der Waals surface area contributed by atoms with Crippen molar-refractivity contribution >= 4 is 43.2 Å². The lowest BCUT2D eigenvalue weighted by Gasteiger charge is -2.47. The van der Waals surface area contributed by atoms with Gasteiger partial charge >= 0.3 is 6.18 Å². The Morgan fingerprint density at radius 1 is 1.35 bits per heavy atom. The second-order valence-corrected chi connectivity index (χ2v) is 11.8. The monoisotopic (exact) mass is 552 g/mol. The van der Waals surface area contributed by atoms with Gasteiger partial charge < -0.3 is 5.32 Å². The Hall–Kier alpha value is -3.55. The zero-order valence-electron chi connectivity index (χ0n) is 19.4. The molecule has 16 heteroatoms. The minimum absolute atomic E-state index is 0.0234. The van der Waals surface area contributed by atoms with Crippen LogP contribution in [0, 0.1) is 11.3 Å². The largest absolute Gasteiger partial charge is 0.451 e. The Morgan fingerprint density at radius 2 is 2.14 bits per heavy atom. The SMILES string of the molecule is CCS(=O)(=O)N1CC(CC#N)(n2cc(-c3nc(Nc4c[nH][n+](CC(F)(F)F)c4)nc4ccsc34)cn2)C1. The minimum atomic E-state index is -4.37. The maximum Gasteiger partial charge on any atom is 0.451 e. The first-order valence-electron chi connectivity index (χ1n) is 11.1. The molecule has 0 saturated carbocycles. The first-order chi connectivity index (χ1) is 17.5. The lowest BCUT2D eigenvalue weighted by molar-refractivity contribution is -0.768. The normalized spacial score (nSPS) is 16.0. The molecule has 0 bridgehead atoms. The van der Waals surface area contributed by atoms with E-state index in [0.717, 1.165) is 9.38 Å². The molecule has 1 fully saturated rings. The zero-order chi connectivity index (χ0) is 26.4. The number of nitrogens with zero attached hydrogens (tertiary/aromatic N) is 7. The van der Waals surface area contributed by atoms with Gasteiger partial charge in [0.1, 0.15) is 11.2 Å². The molecule has 0 aliphatic carbocycles. The van der Waals surface area contributed by atoms with Gasteiger partial charge in [-0.25, -0.2) is 18.4 Å². The van der Waals surface area contributed by atoms with Crippen LogP contribution in [0.2, 0.25) is 0 Å². The molecule has 0 amide bonds. The number of rotatable bonds is 8. The van der Waals surface area contributed by atoms with Crippen LogP contribution in [-0.2, 0) is 22.1 Å². The highest BCUT2D eigenvalue weighted by Gasteiger charge is 2.49. The van der Waals surface area contributed by atoms with E-state index in [0.29, 0.717) is 22.5 Å². The highest BCUT2D eigenvalue weighted by Crippen LogP contribution is 2.37. The minimum Gasteiger partial charge on any atom is -0.318 e. The quantitative estimate of drug-likeness (QED) is 0.321. The van der Waals surface area contributed by atoms with Crippen LogP contribution < -0.4 is 10.00 Å². The van der Waals surface area contributed by atoms with Crippen molar-refractivity contribution in [2.75, 3.05) is 24.2 Å². The van der Waals surface area contributed by atoms with Gasteiger partial charge in [-0.3, -0.25) is 4.68 Å². The molecule has 1 saturated heterocycles. The summed E-state index contributed by atoms with van der Waals surface area (Å²) in [6, 6.07) is 3.94. The van der Waals surface area contributed by atoms with E-state index in [9.17, 15) is 26.9 Å². The number of nitriles is 1. The van der Waals surface area contributed by atoms with Crippen LogP contribution in [0.1, 0.15) is 13.3 Å². The molecular weight excluding hydrogens is 531 g/mol. The van der Waals surface area contributed by atoms with E-state index >= 15 is 0 Å². The van der Waals surface area contributed by atoms with Crippen molar-refractivity contribution in [1.29, 1.82) is 5.26 Å². The summed E-state index contributed by atoms with van der Waals surface area (Å²) >= 11 is 1.42. The molecule has 0 radical (unpaired) electrons. The van der Waals surface area contributed by atoms with Crippen LogP contribution in [0.25, 0.3) is 21.5 Å². The predicted molar refractivity (Wildman–Crippen MR) is 128 cm³/mol. The Kier molecular flexibility index (Phi) is 6.16. The van der Waals surface area contributed by atoms with Crippen LogP contribution in [0.5, 0.6) is 0 Å². The molecule has 1 aliphatic rings. The number of sulfonamides is 1. The summed E-state index contributed by atoms with van der Waals surface area (Å²) in [6.07, 6.45) is 1.68. The van der Waals surface area contributed by atoms with Gasteiger partial charge in [-0.1, -0.05) is 0 Å². The van der Waals surface area contributed by atoms with Gasteiger partial charge in [0.25, 0.3) is 6.54 Å². The molecule has 1 aliphatic heterocycles. The van der Waals surface area contributed by atoms with Gasteiger partial charge in [0.15, 0.2) is 0 Å². The number of thiophene rings is 1. The van der Waals surface area contributed by atoms with Gasteiger partial charge in [0, 0.05) is 24.8 Å². The van der Waals surface area contributed by atoms with E-state index in [-0.39, 0.29) is 31.2 Å².